The smallest absolute Gasteiger partial charge is 0.258 e. The van der Waals surface area contributed by atoms with Crippen molar-refractivity contribution < 1.29 is 22.8 Å². The number of rotatable bonds is 5. The summed E-state index contributed by atoms with van der Waals surface area (Å²) in [6.07, 6.45) is 0. The Hall–Kier alpha value is -2.46. The van der Waals surface area contributed by atoms with Gasteiger partial charge in [0.15, 0.2) is 0 Å². The molecule has 146 valence electrons. The molecule has 0 aliphatic carbocycles. The van der Waals surface area contributed by atoms with Gasteiger partial charge in [0.2, 0.25) is 15.9 Å². The van der Waals surface area contributed by atoms with Crippen LogP contribution in [0.2, 0.25) is 10.0 Å². The van der Waals surface area contributed by atoms with Crippen molar-refractivity contribution in [3.63, 3.8) is 0 Å². The molecular weight excluding hydrogens is 429 g/mol. The topological polar surface area (TPSA) is 113 Å². The standard InChI is InChI=1S/C17H13Cl2N3O5S/c1-22(8-15(23)20-9-2-5-13(18)14(19)6-9)28(26,27)10-3-4-11-12(7-10)17(25)21-16(11)24/h2-7H,8H2,1H3,(H,20,23)(H,21,24,25). The van der Waals surface area contributed by atoms with Gasteiger partial charge < -0.3 is 5.32 Å². The van der Waals surface area contributed by atoms with Crippen LogP contribution in [0.4, 0.5) is 5.69 Å². The van der Waals surface area contributed by atoms with E-state index in [4.69, 9.17) is 23.2 Å². The van der Waals surface area contributed by atoms with Gasteiger partial charge in [0.1, 0.15) is 0 Å². The van der Waals surface area contributed by atoms with Crippen molar-refractivity contribution in [2.45, 2.75) is 4.90 Å². The van der Waals surface area contributed by atoms with E-state index in [1.807, 2.05) is 0 Å². The molecule has 1 aliphatic heterocycles. The summed E-state index contributed by atoms with van der Waals surface area (Å²) in [6.45, 7) is -0.481. The van der Waals surface area contributed by atoms with E-state index in [1.54, 1.807) is 0 Å². The molecule has 8 nitrogen and oxygen atoms in total. The number of carbonyl (C=O) groups is 3. The van der Waals surface area contributed by atoms with Crippen LogP contribution in [0.1, 0.15) is 20.7 Å². The fourth-order valence-electron chi connectivity index (χ4n) is 2.55. The highest BCUT2D eigenvalue weighted by Crippen LogP contribution is 2.25. The van der Waals surface area contributed by atoms with Gasteiger partial charge in [0.25, 0.3) is 11.8 Å². The molecule has 3 amide bonds. The molecule has 3 rings (SSSR count). The predicted octanol–water partition coefficient (Wildman–Crippen LogP) is 2.14. The Balaban J connectivity index is 1.76. The van der Waals surface area contributed by atoms with Crippen LogP contribution in [-0.2, 0) is 14.8 Å². The van der Waals surface area contributed by atoms with Gasteiger partial charge in [-0.15, -0.1) is 0 Å². The van der Waals surface area contributed by atoms with Gasteiger partial charge in [-0.1, -0.05) is 23.2 Å². The molecule has 2 aromatic carbocycles. The Morgan fingerprint density at radius 2 is 1.71 bits per heavy atom. The van der Waals surface area contributed by atoms with E-state index in [-0.39, 0.29) is 21.0 Å². The van der Waals surface area contributed by atoms with Gasteiger partial charge in [-0.2, -0.15) is 4.31 Å². The largest absolute Gasteiger partial charge is 0.325 e. The number of nitrogens with zero attached hydrogens (tertiary/aromatic N) is 1. The summed E-state index contributed by atoms with van der Waals surface area (Å²) in [6, 6.07) is 8.03. The molecule has 11 heteroatoms. The van der Waals surface area contributed by atoms with Crippen molar-refractivity contribution in [2.75, 3.05) is 18.9 Å². The minimum Gasteiger partial charge on any atom is -0.325 e. The number of hydrogen-bond donors (Lipinski definition) is 2. The lowest BCUT2D eigenvalue weighted by atomic mass is 10.1. The fourth-order valence-corrected chi connectivity index (χ4v) is 4.00. The van der Waals surface area contributed by atoms with E-state index >= 15 is 0 Å². The number of amides is 3. The van der Waals surface area contributed by atoms with Crippen LogP contribution in [0.5, 0.6) is 0 Å². The number of anilines is 1. The van der Waals surface area contributed by atoms with Gasteiger partial charge in [0, 0.05) is 12.7 Å². The first-order valence-corrected chi connectivity index (χ1v) is 10.00. The van der Waals surface area contributed by atoms with Gasteiger partial charge in [-0.05, 0) is 36.4 Å². The van der Waals surface area contributed by atoms with Crippen LogP contribution in [-0.4, -0.2) is 44.0 Å². The Kier molecular flexibility index (Phi) is 5.44. The van der Waals surface area contributed by atoms with Crippen molar-refractivity contribution in [1.82, 2.24) is 9.62 Å². The molecule has 2 aromatic rings. The molecule has 1 heterocycles. The zero-order chi connectivity index (χ0) is 20.6. The third kappa shape index (κ3) is 3.88. The van der Waals surface area contributed by atoms with Crippen molar-refractivity contribution in [3.05, 3.63) is 57.6 Å². The summed E-state index contributed by atoms with van der Waals surface area (Å²) in [5.74, 6) is -1.85. The summed E-state index contributed by atoms with van der Waals surface area (Å²) < 4.78 is 26.2. The quantitative estimate of drug-likeness (QED) is 0.689. The summed E-state index contributed by atoms with van der Waals surface area (Å²) in [4.78, 5) is 35.3. The normalized spacial score (nSPS) is 13.4. The molecule has 0 radical (unpaired) electrons. The maximum absolute atomic E-state index is 12.7. The first kappa shape index (κ1) is 20.3. The van der Waals surface area contributed by atoms with Gasteiger partial charge >= 0.3 is 0 Å². The minimum atomic E-state index is -4.07. The molecule has 0 saturated carbocycles. The molecule has 0 atom stereocenters. The van der Waals surface area contributed by atoms with Crippen LogP contribution in [0, 0.1) is 0 Å². The summed E-state index contributed by atoms with van der Waals surface area (Å²) in [5.41, 5.74) is 0.432. The molecule has 0 unspecified atom stereocenters. The van der Waals surface area contributed by atoms with E-state index in [1.165, 1.54) is 37.4 Å². The number of imide groups is 1. The molecule has 0 aromatic heterocycles. The second kappa shape index (κ2) is 7.51. The van der Waals surface area contributed by atoms with Gasteiger partial charge in [-0.3, -0.25) is 19.7 Å². The lowest BCUT2D eigenvalue weighted by molar-refractivity contribution is -0.116. The molecule has 28 heavy (non-hydrogen) atoms. The van der Waals surface area contributed by atoms with E-state index in [9.17, 15) is 22.8 Å². The highest BCUT2D eigenvalue weighted by molar-refractivity contribution is 7.89. The maximum Gasteiger partial charge on any atom is 0.258 e. The second-order valence-electron chi connectivity index (χ2n) is 5.93. The average Bonchev–Trinajstić information content (AvgIpc) is 2.91. The summed E-state index contributed by atoms with van der Waals surface area (Å²) in [5, 5.41) is 5.17. The second-order valence-corrected chi connectivity index (χ2v) is 8.79. The van der Waals surface area contributed by atoms with Crippen molar-refractivity contribution in [2.24, 2.45) is 0 Å². The molecule has 0 spiro atoms. The molecular formula is C17H13Cl2N3O5S. The predicted molar refractivity (Wildman–Crippen MR) is 103 cm³/mol. The number of fused-ring (bicyclic) bond motifs is 1. The lowest BCUT2D eigenvalue weighted by Crippen LogP contribution is -2.35. The third-order valence-corrected chi connectivity index (χ3v) is 6.52. The third-order valence-electron chi connectivity index (χ3n) is 3.99. The maximum atomic E-state index is 12.7. The molecule has 1 aliphatic rings. The van der Waals surface area contributed by atoms with Crippen LogP contribution in [0.15, 0.2) is 41.3 Å². The fraction of sp³-hybridized carbons (Fsp3) is 0.118. The summed E-state index contributed by atoms with van der Waals surface area (Å²) >= 11 is 11.7. The lowest BCUT2D eigenvalue weighted by Gasteiger charge is -2.17. The number of halogens is 2. The first-order valence-electron chi connectivity index (χ1n) is 7.80. The first-order chi connectivity index (χ1) is 13.1. The zero-order valence-corrected chi connectivity index (χ0v) is 16.7. The van der Waals surface area contributed by atoms with Crippen LogP contribution >= 0.6 is 23.2 Å². The highest BCUT2D eigenvalue weighted by atomic mass is 35.5. The van der Waals surface area contributed by atoms with E-state index in [0.29, 0.717) is 10.7 Å². The van der Waals surface area contributed by atoms with Gasteiger partial charge in [0.05, 0.1) is 32.6 Å². The molecule has 2 N–H and O–H groups in total. The number of likely N-dealkylation sites (N-methyl/N-ethyl adjacent to an activating group) is 1. The highest BCUT2D eigenvalue weighted by Gasteiger charge is 2.30. The Morgan fingerprint density at radius 1 is 1.04 bits per heavy atom. The molecule has 0 bridgehead atoms. The van der Waals surface area contributed by atoms with E-state index in [2.05, 4.69) is 10.6 Å². The van der Waals surface area contributed by atoms with Crippen LogP contribution < -0.4 is 10.6 Å². The Morgan fingerprint density at radius 3 is 2.39 bits per heavy atom. The van der Waals surface area contributed by atoms with Crippen LogP contribution in [0.25, 0.3) is 0 Å². The van der Waals surface area contributed by atoms with Crippen molar-refractivity contribution in [3.8, 4) is 0 Å². The Bertz CT molecular complexity index is 1120. The van der Waals surface area contributed by atoms with Crippen molar-refractivity contribution >= 4 is 56.6 Å². The zero-order valence-electron chi connectivity index (χ0n) is 14.3. The van der Waals surface area contributed by atoms with Crippen LogP contribution in [0.3, 0.4) is 0 Å². The summed E-state index contributed by atoms with van der Waals surface area (Å²) in [7, 11) is -2.85. The number of sulfonamides is 1. The average molecular weight is 442 g/mol. The molecule has 0 saturated heterocycles. The number of benzene rings is 2. The van der Waals surface area contributed by atoms with Gasteiger partial charge in [-0.25, -0.2) is 8.42 Å². The van der Waals surface area contributed by atoms with E-state index in [0.717, 1.165) is 10.4 Å². The number of carbonyl (C=O) groups excluding carboxylic acids is 3. The van der Waals surface area contributed by atoms with E-state index < -0.39 is 34.3 Å². The molecule has 0 fully saturated rings. The number of nitrogens with one attached hydrogen (secondary N) is 2. The monoisotopic (exact) mass is 441 g/mol. The minimum absolute atomic E-state index is 0.0280. The Labute approximate surface area is 170 Å². The number of hydrogen-bond acceptors (Lipinski definition) is 5. The SMILES string of the molecule is CN(CC(=O)Nc1ccc(Cl)c(Cl)c1)S(=O)(=O)c1ccc2c(c1)C(=O)NC2=O. The van der Waals surface area contributed by atoms with Crippen molar-refractivity contribution in [1.29, 1.82) is 0 Å².